The Balaban J connectivity index is 4.67. The van der Waals surface area contributed by atoms with Gasteiger partial charge in [-0.25, -0.2) is 0 Å². The summed E-state index contributed by atoms with van der Waals surface area (Å²) in [6, 6.07) is 0. The maximum Gasteiger partial charge on any atom is 0.248 e. The molecule has 0 aromatic rings. The second-order valence-corrected chi connectivity index (χ2v) is 2.48. The fraction of sp³-hybridized carbons (Fsp3) is 0.333. The van der Waals surface area contributed by atoms with E-state index in [2.05, 4.69) is 0 Å². The molecular formula is C6H6Cl2O2. The van der Waals surface area contributed by atoms with Crippen molar-refractivity contribution in [3.63, 3.8) is 0 Å². The fourth-order valence-electron chi connectivity index (χ4n) is 0.295. The Labute approximate surface area is 68.8 Å². The second-order valence-electron chi connectivity index (χ2n) is 1.80. The van der Waals surface area contributed by atoms with Gasteiger partial charge in [0.1, 0.15) is 0 Å². The first-order chi connectivity index (χ1) is 4.46. The topological polar surface area (TPSA) is 34.1 Å². The van der Waals surface area contributed by atoms with Crippen LogP contribution in [-0.2, 0) is 9.59 Å². The molecule has 4 heteroatoms. The van der Waals surface area contributed by atoms with Crippen molar-refractivity contribution in [1.29, 1.82) is 0 Å². The molecule has 0 N–H and O–H groups in total. The number of allylic oxidation sites excluding steroid dienone is 2. The van der Waals surface area contributed by atoms with Gasteiger partial charge in [0, 0.05) is 11.1 Å². The standard InChI is InChI=1S/C6H6Cl2O2/c1-3(5(7)9)4(2)6(8)10/h1-2H3/b4-3+. The van der Waals surface area contributed by atoms with Crippen LogP contribution < -0.4 is 0 Å². The van der Waals surface area contributed by atoms with Gasteiger partial charge in [-0.15, -0.1) is 0 Å². The Morgan fingerprint density at radius 2 is 1.10 bits per heavy atom. The van der Waals surface area contributed by atoms with Gasteiger partial charge in [0.25, 0.3) is 0 Å². The number of halogens is 2. The zero-order valence-electron chi connectivity index (χ0n) is 5.57. The molecule has 0 saturated carbocycles. The van der Waals surface area contributed by atoms with Crippen LogP contribution in [0.3, 0.4) is 0 Å². The van der Waals surface area contributed by atoms with Crippen molar-refractivity contribution in [3.8, 4) is 0 Å². The van der Waals surface area contributed by atoms with Crippen molar-refractivity contribution in [2.75, 3.05) is 0 Å². The van der Waals surface area contributed by atoms with Crippen molar-refractivity contribution in [1.82, 2.24) is 0 Å². The van der Waals surface area contributed by atoms with Crippen LogP contribution in [-0.4, -0.2) is 10.5 Å². The lowest BCUT2D eigenvalue weighted by Crippen LogP contribution is -1.98. The fourth-order valence-corrected chi connectivity index (χ4v) is 0.578. The summed E-state index contributed by atoms with van der Waals surface area (Å²) in [6.45, 7) is 2.90. The maximum atomic E-state index is 10.4. The van der Waals surface area contributed by atoms with Gasteiger partial charge in [-0.3, -0.25) is 9.59 Å². The minimum Gasteiger partial charge on any atom is -0.276 e. The molecule has 0 aliphatic carbocycles. The third-order valence-electron chi connectivity index (χ3n) is 1.15. The van der Waals surface area contributed by atoms with E-state index in [1.807, 2.05) is 0 Å². The normalized spacial score (nSPS) is 12.4. The molecule has 0 atom stereocenters. The molecule has 10 heavy (non-hydrogen) atoms. The van der Waals surface area contributed by atoms with Crippen molar-refractivity contribution in [2.45, 2.75) is 13.8 Å². The van der Waals surface area contributed by atoms with Gasteiger partial charge in [0.2, 0.25) is 10.5 Å². The monoisotopic (exact) mass is 180 g/mol. The summed E-state index contributed by atoms with van der Waals surface area (Å²) in [6.07, 6.45) is 0. The number of carbonyl (C=O) groups is 2. The van der Waals surface area contributed by atoms with E-state index in [1.165, 1.54) is 13.8 Å². The zero-order chi connectivity index (χ0) is 8.31. The Hall–Kier alpha value is -0.340. The Morgan fingerprint density at radius 1 is 0.900 bits per heavy atom. The third kappa shape index (κ3) is 2.50. The Bertz CT molecular complexity index is 184. The molecule has 0 saturated heterocycles. The molecule has 0 aromatic heterocycles. The summed E-state index contributed by atoms with van der Waals surface area (Å²) in [4.78, 5) is 20.8. The molecule has 0 rings (SSSR count). The van der Waals surface area contributed by atoms with E-state index in [4.69, 9.17) is 23.2 Å². The highest BCUT2D eigenvalue weighted by Gasteiger charge is 2.08. The molecule has 0 bridgehead atoms. The first kappa shape index (κ1) is 9.66. The van der Waals surface area contributed by atoms with Crippen LogP contribution >= 0.6 is 23.2 Å². The smallest absolute Gasteiger partial charge is 0.248 e. The van der Waals surface area contributed by atoms with Crippen LogP contribution in [0.5, 0.6) is 0 Å². The molecule has 2 nitrogen and oxygen atoms in total. The average molecular weight is 181 g/mol. The zero-order valence-corrected chi connectivity index (χ0v) is 7.08. The van der Waals surface area contributed by atoms with E-state index >= 15 is 0 Å². The van der Waals surface area contributed by atoms with Crippen LogP contribution in [0.15, 0.2) is 11.1 Å². The summed E-state index contributed by atoms with van der Waals surface area (Å²) in [7, 11) is 0. The van der Waals surface area contributed by atoms with E-state index in [0.29, 0.717) is 0 Å². The number of carbonyl (C=O) groups excluding carboxylic acids is 2. The van der Waals surface area contributed by atoms with Crippen molar-refractivity contribution in [2.24, 2.45) is 0 Å². The van der Waals surface area contributed by atoms with Crippen molar-refractivity contribution >= 4 is 33.7 Å². The molecular weight excluding hydrogens is 175 g/mol. The Morgan fingerprint density at radius 3 is 1.20 bits per heavy atom. The SMILES string of the molecule is C/C(C(=O)Cl)=C(/C)C(=O)Cl. The molecule has 0 spiro atoms. The summed E-state index contributed by atoms with van der Waals surface area (Å²) in [5, 5.41) is -1.29. The van der Waals surface area contributed by atoms with Crippen LogP contribution in [0.25, 0.3) is 0 Å². The minimum atomic E-state index is -0.647. The van der Waals surface area contributed by atoms with E-state index in [-0.39, 0.29) is 11.1 Å². The van der Waals surface area contributed by atoms with Crippen molar-refractivity contribution < 1.29 is 9.59 Å². The summed E-state index contributed by atoms with van der Waals surface area (Å²) in [5.41, 5.74) is 0.392. The van der Waals surface area contributed by atoms with Gasteiger partial charge in [-0.1, -0.05) is 0 Å². The first-order valence-electron chi connectivity index (χ1n) is 2.54. The molecule has 0 heterocycles. The predicted molar refractivity (Wildman–Crippen MR) is 40.1 cm³/mol. The van der Waals surface area contributed by atoms with Crippen LogP contribution in [0, 0.1) is 0 Å². The largest absolute Gasteiger partial charge is 0.276 e. The highest BCUT2D eigenvalue weighted by molar-refractivity contribution is 6.71. The Kier molecular flexibility index (Phi) is 3.61. The summed E-state index contributed by atoms with van der Waals surface area (Å²) in [5.74, 6) is 0. The quantitative estimate of drug-likeness (QED) is 0.481. The predicted octanol–water partition coefficient (Wildman–Crippen LogP) is 1.85. The molecule has 56 valence electrons. The van der Waals surface area contributed by atoms with E-state index in [9.17, 15) is 9.59 Å². The number of hydrogen-bond donors (Lipinski definition) is 0. The lowest BCUT2D eigenvalue weighted by atomic mass is 10.2. The van der Waals surface area contributed by atoms with Crippen LogP contribution in [0.1, 0.15) is 13.8 Å². The summed E-state index contributed by atoms with van der Waals surface area (Å²) < 4.78 is 0. The van der Waals surface area contributed by atoms with Gasteiger partial charge in [0.15, 0.2) is 0 Å². The lowest BCUT2D eigenvalue weighted by molar-refractivity contribution is -0.110. The summed E-state index contributed by atoms with van der Waals surface area (Å²) >= 11 is 10.1. The number of hydrogen-bond acceptors (Lipinski definition) is 2. The first-order valence-corrected chi connectivity index (χ1v) is 3.29. The van der Waals surface area contributed by atoms with E-state index in [1.54, 1.807) is 0 Å². The average Bonchev–Trinajstić information content (AvgIpc) is 1.84. The highest BCUT2D eigenvalue weighted by Crippen LogP contribution is 2.09. The van der Waals surface area contributed by atoms with Gasteiger partial charge < -0.3 is 0 Å². The molecule has 0 aliphatic heterocycles. The van der Waals surface area contributed by atoms with Gasteiger partial charge in [0.05, 0.1) is 0 Å². The van der Waals surface area contributed by atoms with E-state index in [0.717, 1.165) is 0 Å². The van der Waals surface area contributed by atoms with Gasteiger partial charge >= 0.3 is 0 Å². The number of rotatable bonds is 2. The molecule has 0 aliphatic rings. The van der Waals surface area contributed by atoms with Gasteiger partial charge in [-0.05, 0) is 37.0 Å². The highest BCUT2D eigenvalue weighted by atomic mass is 35.5. The second kappa shape index (κ2) is 3.74. The molecule has 0 radical (unpaired) electrons. The third-order valence-corrected chi connectivity index (χ3v) is 1.72. The maximum absolute atomic E-state index is 10.4. The minimum absolute atomic E-state index is 0.196. The molecule has 0 unspecified atom stereocenters. The molecule has 0 aromatic carbocycles. The van der Waals surface area contributed by atoms with Gasteiger partial charge in [-0.2, -0.15) is 0 Å². The van der Waals surface area contributed by atoms with E-state index < -0.39 is 10.5 Å². The molecule has 0 amide bonds. The lowest BCUT2D eigenvalue weighted by Gasteiger charge is -1.94. The van der Waals surface area contributed by atoms with Crippen LogP contribution in [0.2, 0.25) is 0 Å². The molecule has 0 fully saturated rings. The van der Waals surface area contributed by atoms with Crippen LogP contribution in [0.4, 0.5) is 0 Å². The van der Waals surface area contributed by atoms with Crippen molar-refractivity contribution in [3.05, 3.63) is 11.1 Å².